The molecule has 0 aliphatic carbocycles. The SMILES string of the molecule is O=[N+]([O-])c1c(Nc2ccc(F)c(F)c2)ncnc1N1CCC(Cc2ccccc2)CC1. The van der Waals surface area contributed by atoms with Crippen molar-refractivity contribution < 1.29 is 13.7 Å². The summed E-state index contributed by atoms with van der Waals surface area (Å²) in [5.74, 6) is -1.39. The smallest absolute Gasteiger partial charge is 0.351 e. The molecule has 3 aromatic rings. The monoisotopic (exact) mass is 425 g/mol. The summed E-state index contributed by atoms with van der Waals surface area (Å²) in [6.45, 7) is 1.28. The Morgan fingerprint density at radius 2 is 1.81 bits per heavy atom. The molecule has 0 atom stereocenters. The van der Waals surface area contributed by atoms with Gasteiger partial charge in [-0.1, -0.05) is 30.3 Å². The molecule has 1 aliphatic rings. The van der Waals surface area contributed by atoms with E-state index in [1.165, 1.54) is 18.0 Å². The van der Waals surface area contributed by atoms with Crippen LogP contribution in [0.2, 0.25) is 0 Å². The zero-order valence-corrected chi connectivity index (χ0v) is 16.7. The number of benzene rings is 2. The predicted molar refractivity (Wildman–Crippen MR) is 113 cm³/mol. The van der Waals surface area contributed by atoms with Crippen LogP contribution in [-0.4, -0.2) is 28.0 Å². The molecule has 1 aliphatic heterocycles. The van der Waals surface area contributed by atoms with Crippen LogP contribution in [0.3, 0.4) is 0 Å². The van der Waals surface area contributed by atoms with Crippen LogP contribution >= 0.6 is 0 Å². The van der Waals surface area contributed by atoms with Crippen molar-refractivity contribution in [3.63, 3.8) is 0 Å². The van der Waals surface area contributed by atoms with E-state index in [0.717, 1.165) is 31.4 Å². The summed E-state index contributed by atoms with van der Waals surface area (Å²) in [7, 11) is 0. The summed E-state index contributed by atoms with van der Waals surface area (Å²) in [4.78, 5) is 21.3. The van der Waals surface area contributed by atoms with E-state index < -0.39 is 16.6 Å². The quantitative estimate of drug-likeness (QED) is 0.448. The Balaban J connectivity index is 1.51. The van der Waals surface area contributed by atoms with Crippen LogP contribution in [0.1, 0.15) is 18.4 Å². The van der Waals surface area contributed by atoms with Gasteiger partial charge in [0, 0.05) is 24.8 Å². The third-order valence-corrected chi connectivity index (χ3v) is 5.45. The molecule has 0 radical (unpaired) electrons. The second kappa shape index (κ2) is 9.03. The van der Waals surface area contributed by atoms with E-state index in [0.29, 0.717) is 19.0 Å². The topological polar surface area (TPSA) is 84.2 Å². The van der Waals surface area contributed by atoms with Gasteiger partial charge in [-0.3, -0.25) is 10.1 Å². The van der Waals surface area contributed by atoms with Gasteiger partial charge in [-0.25, -0.2) is 18.7 Å². The maximum atomic E-state index is 13.5. The highest BCUT2D eigenvalue weighted by molar-refractivity contribution is 5.74. The van der Waals surface area contributed by atoms with Gasteiger partial charge in [0.2, 0.25) is 11.6 Å². The summed E-state index contributed by atoms with van der Waals surface area (Å²) < 4.78 is 26.7. The van der Waals surface area contributed by atoms with Crippen LogP contribution in [0.5, 0.6) is 0 Å². The zero-order valence-electron chi connectivity index (χ0n) is 16.7. The molecular weight excluding hydrogens is 404 g/mol. The number of hydrogen-bond acceptors (Lipinski definition) is 6. The van der Waals surface area contributed by atoms with Gasteiger partial charge in [-0.15, -0.1) is 0 Å². The first-order valence-corrected chi connectivity index (χ1v) is 10.0. The van der Waals surface area contributed by atoms with Crippen molar-refractivity contribution in [3.05, 3.63) is 82.2 Å². The van der Waals surface area contributed by atoms with E-state index in [-0.39, 0.29) is 23.0 Å². The van der Waals surface area contributed by atoms with E-state index in [9.17, 15) is 18.9 Å². The van der Waals surface area contributed by atoms with E-state index in [1.807, 2.05) is 23.1 Å². The van der Waals surface area contributed by atoms with Gasteiger partial charge in [-0.2, -0.15) is 0 Å². The Bertz CT molecular complexity index is 1070. The Kier molecular flexibility index (Phi) is 6.01. The maximum absolute atomic E-state index is 13.5. The van der Waals surface area contributed by atoms with Gasteiger partial charge in [-0.05, 0) is 42.9 Å². The molecule has 1 aromatic heterocycles. The Morgan fingerprint density at radius 1 is 1.06 bits per heavy atom. The first-order valence-electron chi connectivity index (χ1n) is 10.0. The molecule has 2 heterocycles. The molecule has 1 N–H and O–H groups in total. The van der Waals surface area contributed by atoms with Crippen LogP contribution in [0.15, 0.2) is 54.9 Å². The fourth-order valence-corrected chi connectivity index (χ4v) is 3.87. The third-order valence-electron chi connectivity index (χ3n) is 5.45. The number of piperidine rings is 1. The minimum atomic E-state index is -1.05. The second-order valence-electron chi connectivity index (χ2n) is 7.53. The van der Waals surface area contributed by atoms with Crippen LogP contribution in [0, 0.1) is 27.7 Å². The minimum Gasteiger partial charge on any atom is -0.351 e. The van der Waals surface area contributed by atoms with E-state index in [1.54, 1.807) is 0 Å². The number of rotatable bonds is 6. The number of anilines is 3. The molecular formula is C22H21F2N5O2. The molecule has 0 saturated carbocycles. The molecule has 4 rings (SSSR count). The molecule has 2 aromatic carbocycles. The second-order valence-corrected chi connectivity index (χ2v) is 7.53. The zero-order chi connectivity index (χ0) is 21.8. The highest BCUT2D eigenvalue weighted by Gasteiger charge is 2.30. The van der Waals surface area contributed by atoms with Gasteiger partial charge < -0.3 is 10.2 Å². The first-order chi connectivity index (χ1) is 15.0. The third kappa shape index (κ3) is 4.76. The first kappa shape index (κ1) is 20.6. The highest BCUT2D eigenvalue weighted by Crippen LogP contribution is 2.36. The molecule has 0 unspecified atom stereocenters. The van der Waals surface area contributed by atoms with Crippen LogP contribution in [-0.2, 0) is 6.42 Å². The van der Waals surface area contributed by atoms with Gasteiger partial charge >= 0.3 is 5.69 Å². The maximum Gasteiger partial charge on any atom is 0.353 e. The van der Waals surface area contributed by atoms with Crippen molar-refractivity contribution in [2.45, 2.75) is 19.3 Å². The predicted octanol–water partition coefficient (Wildman–Crippen LogP) is 4.87. The van der Waals surface area contributed by atoms with Crippen LogP contribution in [0.4, 0.5) is 31.8 Å². The summed E-state index contributed by atoms with van der Waals surface area (Å²) in [6, 6.07) is 13.4. The number of aromatic nitrogens is 2. The van der Waals surface area contributed by atoms with Crippen molar-refractivity contribution in [1.82, 2.24) is 9.97 Å². The number of hydrogen-bond donors (Lipinski definition) is 1. The van der Waals surface area contributed by atoms with Crippen molar-refractivity contribution in [2.75, 3.05) is 23.3 Å². The summed E-state index contributed by atoms with van der Waals surface area (Å²) >= 11 is 0. The van der Waals surface area contributed by atoms with E-state index >= 15 is 0 Å². The average molecular weight is 425 g/mol. The largest absolute Gasteiger partial charge is 0.353 e. The minimum absolute atomic E-state index is 0.0626. The molecule has 0 amide bonds. The Labute approximate surface area is 177 Å². The fraction of sp³-hybridized carbons (Fsp3) is 0.273. The van der Waals surface area contributed by atoms with Crippen LogP contribution in [0.25, 0.3) is 0 Å². The number of nitrogens with one attached hydrogen (secondary N) is 1. The van der Waals surface area contributed by atoms with E-state index in [4.69, 9.17) is 0 Å². The number of nitro groups is 1. The summed E-state index contributed by atoms with van der Waals surface area (Å²) in [5, 5.41) is 14.5. The molecule has 160 valence electrons. The van der Waals surface area contributed by atoms with Crippen molar-refractivity contribution in [3.8, 4) is 0 Å². The molecule has 7 nitrogen and oxygen atoms in total. The molecule has 9 heteroatoms. The lowest BCUT2D eigenvalue weighted by Crippen LogP contribution is -2.35. The molecule has 1 fully saturated rings. The fourth-order valence-electron chi connectivity index (χ4n) is 3.87. The lowest BCUT2D eigenvalue weighted by Gasteiger charge is -2.32. The lowest BCUT2D eigenvalue weighted by atomic mass is 9.90. The Hall–Kier alpha value is -3.62. The normalized spacial score (nSPS) is 14.5. The van der Waals surface area contributed by atoms with Crippen molar-refractivity contribution in [2.24, 2.45) is 5.92 Å². The standard InChI is InChI=1S/C22H21F2N5O2/c23-18-7-6-17(13-19(18)24)27-21-20(29(30)31)22(26-14-25-21)28-10-8-16(9-11-28)12-15-4-2-1-3-5-15/h1-7,13-14,16H,8-12H2,(H,25,26,27). The van der Waals surface area contributed by atoms with Crippen LogP contribution < -0.4 is 10.2 Å². The van der Waals surface area contributed by atoms with E-state index in [2.05, 4.69) is 27.4 Å². The van der Waals surface area contributed by atoms with Gasteiger partial charge in [0.05, 0.1) is 4.92 Å². The van der Waals surface area contributed by atoms with Crippen molar-refractivity contribution in [1.29, 1.82) is 0 Å². The molecule has 0 spiro atoms. The Morgan fingerprint density at radius 3 is 2.48 bits per heavy atom. The summed E-state index contributed by atoms with van der Waals surface area (Å²) in [6.07, 6.45) is 3.99. The summed E-state index contributed by atoms with van der Waals surface area (Å²) in [5.41, 5.74) is 1.16. The number of halogens is 2. The van der Waals surface area contributed by atoms with Crippen molar-refractivity contribution >= 4 is 23.0 Å². The van der Waals surface area contributed by atoms with Gasteiger partial charge in [0.25, 0.3) is 0 Å². The molecule has 1 saturated heterocycles. The van der Waals surface area contributed by atoms with Gasteiger partial charge in [0.15, 0.2) is 11.6 Å². The van der Waals surface area contributed by atoms with Gasteiger partial charge in [0.1, 0.15) is 6.33 Å². The lowest BCUT2D eigenvalue weighted by molar-refractivity contribution is -0.383. The molecule has 0 bridgehead atoms. The average Bonchev–Trinajstić information content (AvgIpc) is 2.77. The number of nitrogens with zero attached hydrogens (tertiary/aromatic N) is 4. The molecule has 31 heavy (non-hydrogen) atoms. The highest BCUT2D eigenvalue weighted by atomic mass is 19.2.